The summed E-state index contributed by atoms with van der Waals surface area (Å²) in [5.74, 6) is 0. The third kappa shape index (κ3) is 5.24. The summed E-state index contributed by atoms with van der Waals surface area (Å²) in [6.45, 7) is 6.55. The zero-order chi connectivity index (χ0) is 9.36. The fourth-order valence-electron chi connectivity index (χ4n) is 1.47. The third-order valence-corrected chi connectivity index (χ3v) is 2.25. The van der Waals surface area contributed by atoms with E-state index in [4.69, 9.17) is 9.47 Å². The number of nitrogens with one attached hydrogen (secondary N) is 1. The molecule has 78 valence electrons. The number of hydrogen-bond donors (Lipinski definition) is 1. The van der Waals surface area contributed by atoms with Crippen LogP contribution in [0.25, 0.3) is 0 Å². The van der Waals surface area contributed by atoms with Crippen LogP contribution in [0.2, 0.25) is 0 Å². The topological polar surface area (TPSA) is 30.5 Å². The first-order valence-corrected chi connectivity index (χ1v) is 5.33. The molecule has 0 aliphatic carbocycles. The Kier molecular flexibility index (Phi) is 6.15. The van der Waals surface area contributed by atoms with Gasteiger partial charge in [0.05, 0.1) is 19.3 Å². The summed E-state index contributed by atoms with van der Waals surface area (Å²) in [6, 6.07) is 0. The van der Waals surface area contributed by atoms with E-state index < -0.39 is 0 Å². The van der Waals surface area contributed by atoms with Gasteiger partial charge in [-0.2, -0.15) is 0 Å². The van der Waals surface area contributed by atoms with E-state index in [-0.39, 0.29) is 0 Å². The second-order valence-corrected chi connectivity index (χ2v) is 3.42. The predicted molar refractivity (Wildman–Crippen MR) is 53.0 cm³/mol. The number of rotatable bonds is 6. The Morgan fingerprint density at radius 1 is 1.46 bits per heavy atom. The molecule has 0 aromatic carbocycles. The van der Waals surface area contributed by atoms with Crippen molar-refractivity contribution in [2.24, 2.45) is 0 Å². The molecular weight excluding hydrogens is 166 g/mol. The van der Waals surface area contributed by atoms with Gasteiger partial charge in [0.25, 0.3) is 0 Å². The molecule has 1 aliphatic heterocycles. The van der Waals surface area contributed by atoms with E-state index in [0.717, 1.165) is 32.9 Å². The summed E-state index contributed by atoms with van der Waals surface area (Å²) < 4.78 is 11.0. The molecule has 1 atom stereocenters. The van der Waals surface area contributed by atoms with Crippen LogP contribution in [0.4, 0.5) is 0 Å². The second kappa shape index (κ2) is 7.30. The van der Waals surface area contributed by atoms with E-state index >= 15 is 0 Å². The number of hydrogen-bond acceptors (Lipinski definition) is 3. The SMILES string of the molecule is CCNCCOCC1CCCCO1. The molecule has 3 nitrogen and oxygen atoms in total. The standard InChI is InChI=1S/C10H21NO2/c1-2-11-6-8-12-9-10-5-3-4-7-13-10/h10-11H,2-9H2,1H3. The van der Waals surface area contributed by atoms with Gasteiger partial charge in [-0.1, -0.05) is 6.92 Å². The Balaban J connectivity index is 1.86. The van der Waals surface area contributed by atoms with Crippen LogP contribution < -0.4 is 5.32 Å². The Hall–Kier alpha value is -0.120. The van der Waals surface area contributed by atoms with Gasteiger partial charge in [-0.3, -0.25) is 0 Å². The van der Waals surface area contributed by atoms with E-state index in [1.807, 2.05) is 0 Å². The van der Waals surface area contributed by atoms with E-state index in [1.54, 1.807) is 0 Å². The molecule has 1 rings (SSSR count). The van der Waals surface area contributed by atoms with E-state index in [1.165, 1.54) is 19.3 Å². The normalized spacial score (nSPS) is 23.3. The Morgan fingerprint density at radius 2 is 2.38 bits per heavy atom. The molecule has 0 aromatic heterocycles. The Morgan fingerprint density at radius 3 is 3.08 bits per heavy atom. The highest BCUT2D eigenvalue weighted by molar-refractivity contribution is 4.62. The first kappa shape index (κ1) is 11.0. The van der Waals surface area contributed by atoms with Crippen LogP contribution in [-0.4, -0.2) is 39.0 Å². The van der Waals surface area contributed by atoms with Crippen molar-refractivity contribution >= 4 is 0 Å². The van der Waals surface area contributed by atoms with Crippen molar-refractivity contribution in [2.75, 3.05) is 32.9 Å². The van der Waals surface area contributed by atoms with Crippen molar-refractivity contribution in [3.8, 4) is 0 Å². The molecule has 1 N–H and O–H groups in total. The number of ether oxygens (including phenoxy) is 2. The molecular formula is C10H21NO2. The van der Waals surface area contributed by atoms with Gasteiger partial charge in [0.1, 0.15) is 0 Å². The lowest BCUT2D eigenvalue weighted by Crippen LogP contribution is -2.26. The minimum absolute atomic E-state index is 0.357. The highest BCUT2D eigenvalue weighted by atomic mass is 16.5. The predicted octanol–water partition coefficient (Wildman–Crippen LogP) is 1.18. The van der Waals surface area contributed by atoms with Gasteiger partial charge in [0.2, 0.25) is 0 Å². The van der Waals surface area contributed by atoms with Gasteiger partial charge in [0.15, 0.2) is 0 Å². The summed E-state index contributed by atoms with van der Waals surface area (Å²) in [7, 11) is 0. The van der Waals surface area contributed by atoms with Gasteiger partial charge >= 0.3 is 0 Å². The van der Waals surface area contributed by atoms with Crippen LogP contribution in [0, 0.1) is 0 Å². The van der Waals surface area contributed by atoms with Crippen molar-refractivity contribution in [1.82, 2.24) is 5.32 Å². The maximum Gasteiger partial charge on any atom is 0.0808 e. The molecule has 1 unspecified atom stereocenters. The third-order valence-electron chi connectivity index (χ3n) is 2.25. The first-order valence-electron chi connectivity index (χ1n) is 5.33. The average molecular weight is 187 g/mol. The fraction of sp³-hybridized carbons (Fsp3) is 1.00. The van der Waals surface area contributed by atoms with Crippen molar-refractivity contribution in [3.63, 3.8) is 0 Å². The van der Waals surface area contributed by atoms with Crippen LogP contribution in [0.1, 0.15) is 26.2 Å². The Labute approximate surface area is 80.8 Å². The molecule has 1 heterocycles. The molecule has 1 aliphatic rings. The summed E-state index contributed by atoms with van der Waals surface area (Å²) in [5.41, 5.74) is 0. The maximum absolute atomic E-state index is 5.54. The molecule has 1 fully saturated rings. The van der Waals surface area contributed by atoms with Crippen LogP contribution in [0.3, 0.4) is 0 Å². The molecule has 13 heavy (non-hydrogen) atoms. The highest BCUT2D eigenvalue weighted by Crippen LogP contribution is 2.12. The lowest BCUT2D eigenvalue weighted by atomic mass is 10.1. The molecule has 0 spiro atoms. The maximum atomic E-state index is 5.54. The molecule has 3 heteroatoms. The second-order valence-electron chi connectivity index (χ2n) is 3.42. The van der Waals surface area contributed by atoms with Gasteiger partial charge in [0, 0.05) is 13.2 Å². The molecule has 0 radical (unpaired) electrons. The lowest BCUT2D eigenvalue weighted by molar-refractivity contribution is -0.0398. The summed E-state index contributed by atoms with van der Waals surface area (Å²) in [4.78, 5) is 0. The van der Waals surface area contributed by atoms with Crippen LogP contribution >= 0.6 is 0 Å². The van der Waals surface area contributed by atoms with E-state index in [0.29, 0.717) is 6.10 Å². The quantitative estimate of drug-likeness (QED) is 0.633. The smallest absolute Gasteiger partial charge is 0.0808 e. The van der Waals surface area contributed by atoms with Crippen molar-refractivity contribution in [3.05, 3.63) is 0 Å². The lowest BCUT2D eigenvalue weighted by Gasteiger charge is -2.22. The van der Waals surface area contributed by atoms with Crippen molar-refractivity contribution in [1.29, 1.82) is 0 Å². The number of likely N-dealkylation sites (N-methyl/N-ethyl adjacent to an activating group) is 1. The minimum Gasteiger partial charge on any atom is -0.377 e. The minimum atomic E-state index is 0.357. The van der Waals surface area contributed by atoms with Gasteiger partial charge in [-0.15, -0.1) is 0 Å². The molecule has 1 saturated heterocycles. The van der Waals surface area contributed by atoms with Crippen molar-refractivity contribution in [2.45, 2.75) is 32.3 Å². The summed E-state index contributed by atoms with van der Waals surface area (Å²) in [6.07, 6.45) is 4.03. The monoisotopic (exact) mass is 187 g/mol. The first-order chi connectivity index (χ1) is 6.43. The molecule has 0 saturated carbocycles. The highest BCUT2D eigenvalue weighted by Gasteiger charge is 2.13. The zero-order valence-electron chi connectivity index (χ0n) is 8.55. The fourth-order valence-corrected chi connectivity index (χ4v) is 1.47. The van der Waals surface area contributed by atoms with Crippen LogP contribution in [-0.2, 0) is 9.47 Å². The molecule has 0 bridgehead atoms. The van der Waals surface area contributed by atoms with Crippen LogP contribution in [0.5, 0.6) is 0 Å². The van der Waals surface area contributed by atoms with E-state index in [9.17, 15) is 0 Å². The van der Waals surface area contributed by atoms with Gasteiger partial charge < -0.3 is 14.8 Å². The zero-order valence-corrected chi connectivity index (χ0v) is 8.55. The van der Waals surface area contributed by atoms with Crippen LogP contribution in [0.15, 0.2) is 0 Å². The van der Waals surface area contributed by atoms with Crippen molar-refractivity contribution < 1.29 is 9.47 Å². The molecule has 0 amide bonds. The average Bonchev–Trinajstić information content (AvgIpc) is 2.19. The summed E-state index contributed by atoms with van der Waals surface area (Å²) >= 11 is 0. The molecule has 0 aromatic rings. The van der Waals surface area contributed by atoms with Gasteiger partial charge in [-0.05, 0) is 25.8 Å². The summed E-state index contributed by atoms with van der Waals surface area (Å²) in [5, 5.41) is 3.22. The Bertz CT molecular complexity index is 113. The van der Waals surface area contributed by atoms with Gasteiger partial charge in [-0.25, -0.2) is 0 Å². The van der Waals surface area contributed by atoms with E-state index in [2.05, 4.69) is 12.2 Å². The largest absolute Gasteiger partial charge is 0.377 e.